The molecule has 22 heavy (non-hydrogen) atoms. The quantitative estimate of drug-likeness (QED) is 0.844. The molecule has 0 spiro atoms. The Kier molecular flexibility index (Phi) is 7.63. The lowest BCUT2D eigenvalue weighted by Gasteiger charge is -2.46. The van der Waals surface area contributed by atoms with Gasteiger partial charge in [0.25, 0.3) is 0 Å². The van der Waals surface area contributed by atoms with Crippen LogP contribution in [-0.2, 0) is 4.74 Å². The summed E-state index contributed by atoms with van der Waals surface area (Å²) < 4.78 is 5.00. The molecule has 0 bridgehead atoms. The number of likely N-dealkylation sites (tertiary alicyclic amines) is 2. The van der Waals surface area contributed by atoms with E-state index in [4.69, 9.17) is 4.74 Å². The van der Waals surface area contributed by atoms with Crippen LogP contribution < -0.4 is 0 Å². The maximum absolute atomic E-state index is 11.7. The summed E-state index contributed by atoms with van der Waals surface area (Å²) in [6.45, 7) is 8.81. The van der Waals surface area contributed by atoms with Crippen LogP contribution in [0.1, 0.15) is 46.5 Å². The van der Waals surface area contributed by atoms with Crippen molar-refractivity contribution < 1.29 is 14.6 Å². The molecular weight excluding hydrogens is 282 g/mol. The Morgan fingerprint density at radius 2 is 1.82 bits per heavy atom. The number of hydrogen-bond acceptors (Lipinski definition) is 5. The second kappa shape index (κ2) is 8.96. The van der Waals surface area contributed by atoms with Crippen LogP contribution >= 0.6 is 0 Å². The number of aliphatic hydroxyl groups excluding tert-OH is 1. The molecule has 2 saturated heterocycles. The van der Waals surface area contributed by atoms with Crippen molar-refractivity contribution in [2.75, 3.05) is 32.8 Å². The van der Waals surface area contributed by atoms with Crippen LogP contribution in [0.25, 0.3) is 0 Å². The van der Waals surface area contributed by atoms with Gasteiger partial charge in [-0.05, 0) is 32.6 Å². The number of rotatable bonds is 2. The SMILES string of the molecule is CC.CCOC(=O)N1CCC(C#N)(N2CCC(O)CC2)CC1. The van der Waals surface area contributed by atoms with Crippen LogP contribution in [0, 0.1) is 11.3 Å². The highest BCUT2D eigenvalue weighted by Crippen LogP contribution is 2.31. The van der Waals surface area contributed by atoms with Crippen LogP contribution in [0.3, 0.4) is 0 Å². The third kappa shape index (κ3) is 4.34. The normalized spacial score (nSPS) is 22.2. The Morgan fingerprint density at radius 1 is 1.27 bits per heavy atom. The van der Waals surface area contributed by atoms with Gasteiger partial charge in [0.05, 0.1) is 18.8 Å². The van der Waals surface area contributed by atoms with Crippen LogP contribution in [-0.4, -0.2) is 65.4 Å². The van der Waals surface area contributed by atoms with Gasteiger partial charge in [0.1, 0.15) is 5.54 Å². The van der Waals surface area contributed by atoms with Gasteiger partial charge in [-0.15, -0.1) is 0 Å². The summed E-state index contributed by atoms with van der Waals surface area (Å²) in [5.74, 6) is 0. The molecule has 0 aromatic heterocycles. The lowest BCUT2D eigenvalue weighted by atomic mass is 9.85. The monoisotopic (exact) mass is 311 g/mol. The summed E-state index contributed by atoms with van der Waals surface area (Å²) >= 11 is 0. The third-order valence-corrected chi connectivity index (χ3v) is 4.39. The number of nitriles is 1. The molecule has 0 saturated carbocycles. The average Bonchev–Trinajstić information content (AvgIpc) is 2.57. The summed E-state index contributed by atoms with van der Waals surface area (Å²) in [4.78, 5) is 15.6. The largest absolute Gasteiger partial charge is 0.450 e. The summed E-state index contributed by atoms with van der Waals surface area (Å²) in [5.41, 5.74) is -0.483. The molecule has 126 valence electrons. The molecule has 0 aliphatic carbocycles. The number of amides is 1. The highest BCUT2D eigenvalue weighted by atomic mass is 16.6. The van der Waals surface area contributed by atoms with Gasteiger partial charge < -0.3 is 14.7 Å². The summed E-state index contributed by atoms with van der Waals surface area (Å²) in [6.07, 6.45) is 2.24. The highest BCUT2D eigenvalue weighted by Gasteiger charge is 2.42. The number of ether oxygens (including phenoxy) is 1. The standard InChI is InChI=1S/C14H23N3O3.C2H6/c1-2-20-13(19)16-9-5-14(11-15,6-10-16)17-7-3-12(18)4-8-17;1-2/h12,18H,2-10H2,1H3;1-2H3. The molecule has 0 aromatic carbocycles. The van der Waals surface area contributed by atoms with E-state index in [-0.39, 0.29) is 12.2 Å². The lowest BCUT2D eigenvalue weighted by molar-refractivity contribution is 0.00764. The molecular formula is C16H29N3O3. The number of carbonyl (C=O) groups is 1. The predicted octanol–water partition coefficient (Wildman–Crippen LogP) is 1.98. The van der Waals surface area contributed by atoms with Crippen molar-refractivity contribution in [1.29, 1.82) is 5.26 Å². The average molecular weight is 311 g/mol. The van der Waals surface area contributed by atoms with E-state index in [1.54, 1.807) is 11.8 Å². The molecule has 2 aliphatic heterocycles. The van der Waals surface area contributed by atoms with E-state index in [9.17, 15) is 15.2 Å². The zero-order chi connectivity index (χ0) is 16.6. The molecule has 6 nitrogen and oxygen atoms in total. The molecule has 0 aromatic rings. The van der Waals surface area contributed by atoms with E-state index >= 15 is 0 Å². The fourth-order valence-electron chi connectivity index (χ4n) is 3.07. The van der Waals surface area contributed by atoms with Gasteiger partial charge in [-0.1, -0.05) is 13.8 Å². The van der Waals surface area contributed by atoms with Gasteiger partial charge in [-0.3, -0.25) is 4.90 Å². The fourth-order valence-corrected chi connectivity index (χ4v) is 3.07. The molecule has 6 heteroatoms. The Labute approximate surface area is 133 Å². The van der Waals surface area contributed by atoms with Crippen molar-refractivity contribution >= 4 is 6.09 Å². The Balaban J connectivity index is 0.00000116. The number of aliphatic hydroxyl groups is 1. The van der Waals surface area contributed by atoms with Gasteiger partial charge in [-0.25, -0.2) is 4.79 Å². The maximum atomic E-state index is 11.7. The topological polar surface area (TPSA) is 76.8 Å². The van der Waals surface area contributed by atoms with Gasteiger partial charge in [0.2, 0.25) is 0 Å². The van der Waals surface area contributed by atoms with Crippen molar-refractivity contribution in [3.63, 3.8) is 0 Å². The first kappa shape index (κ1) is 18.7. The smallest absolute Gasteiger partial charge is 0.409 e. The lowest BCUT2D eigenvalue weighted by Crippen LogP contribution is -2.57. The summed E-state index contributed by atoms with van der Waals surface area (Å²) in [6, 6.07) is 2.46. The summed E-state index contributed by atoms with van der Waals surface area (Å²) in [7, 11) is 0. The zero-order valence-electron chi connectivity index (χ0n) is 14.0. The first-order valence-corrected chi connectivity index (χ1v) is 8.37. The van der Waals surface area contributed by atoms with Crippen molar-refractivity contribution in [3.05, 3.63) is 0 Å². The molecule has 1 N–H and O–H groups in total. The maximum Gasteiger partial charge on any atom is 0.409 e. The molecule has 2 heterocycles. The van der Waals surface area contributed by atoms with Crippen molar-refractivity contribution in [2.45, 2.75) is 58.1 Å². The zero-order valence-corrected chi connectivity index (χ0v) is 14.0. The first-order valence-electron chi connectivity index (χ1n) is 8.37. The number of piperidine rings is 2. The Bertz CT molecular complexity index is 379. The van der Waals surface area contributed by atoms with Crippen LogP contribution in [0.4, 0.5) is 4.79 Å². The fraction of sp³-hybridized carbons (Fsp3) is 0.875. The van der Waals surface area contributed by atoms with E-state index < -0.39 is 5.54 Å². The second-order valence-electron chi connectivity index (χ2n) is 5.55. The Hall–Kier alpha value is -1.32. The molecule has 2 aliphatic rings. The van der Waals surface area contributed by atoms with E-state index in [1.807, 2.05) is 13.8 Å². The highest BCUT2D eigenvalue weighted by molar-refractivity contribution is 5.67. The van der Waals surface area contributed by atoms with E-state index in [0.717, 1.165) is 25.9 Å². The molecule has 2 rings (SSSR count). The molecule has 0 radical (unpaired) electrons. The van der Waals surface area contributed by atoms with E-state index in [1.165, 1.54) is 0 Å². The van der Waals surface area contributed by atoms with E-state index in [2.05, 4.69) is 11.0 Å². The number of carbonyl (C=O) groups excluding carboxylic acids is 1. The second-order valence-corrected chi connectivity index (χ2v) is 5.55. The van der Waals surface area contributed by atoms with Crippen molar-refractivity contribution in [3.8, 4) is 6.07 Å². The van der Waals surface area contributed by atoms with Gasteiger partial charge in [0, 0.05) is 26.2 Å². The molecule has 1 amide bonds. The molecule has 0 atom stereocenters. The van der Waals surface area contributed by atoms with Crippen LogP contribution in [0.15, 0.2) is 0 Å². The minimum absolute atomic E-state index is 0.235. The summed E-state index contributed by atoms with van der Waals surface area (Å²) in [5, 5.41) is 19.2. The first-order chi connectivity index (χ1) is 10.6. The third-order valence-electron chi connectivity index (χ3n) is 4.39. The molecule has 2 fully saturated rings. The van der Waals surface area contributed by atoms with Crippen molar-refractivity contribution in [2.24, 2.45) is 0 Å². The van der Waals surface area contributed by atoms with Crippen molar-refractivity contribution in [1.82, 2.24) is 9.80 Å². The van der Waals surface area contributed by atoms with Gasteiger partial charge in [0.15, 0.2) is 0 Å². The minimum Gasteiger partial charge on any atom is -0.450 e. The van der Waals surface area contributed by atoms with Gasteiger partial charge >= 0.3 is 6.09 Å². The predicted molar refractivity (Wildman–Crippen MR) is 84.3 cm³/mol. The molecule has 0 unspecified atom stereocenters. The van der Waals surface area contributed by atoms with Gasteiger partial charge in [-0.2, -0.15) is 5.26 Å². The van der Waals surface area contributed by atoms with Crippen LogP contribution in [0.2, 0.25) is 0 Å². The Morgan fingerprint density at radius 3 is 2.27 bits per heavy atom. The van der Waals surface area contributed by atoms with Crippen LogP contribution in [0.5, 0.6) is 0 Å². The minimum atomic E-state index is -0.483. The van der Waals surface area contributed by atoms with E-state index in [0.29, 0.717) is 32.5 Å². The number of hydrogen-bond donors (Lipinski definition) is 1. The number of nitrogens with zero attached hydrogens (tertiary/aromatic N) is 3.